The van der Waals surface area contributed by atoms with Gasteiger partial charge in [-0.2, -0.15) is 0 Å². The number of fused-ring (bicyclic) bond motifs is 5. The number of benzene rings is 4. The number of nitrogens with one attached hydrogen (secondary N) is 1. The molecule has 52 heavy (non-hydrogen) atoms. The highest BCUT2D eigenvalue weighted by Crippen LogP contribution is 2.55. The van der Waals surface area contributed by atoms with Crippen LogP contribution in [-0.2, 0) is 18.3 Å². The van der Waals surface area contributed by atoms with E-state index in [-0.39, 0.29) is 5.41 Å². The fourth-order valence-corrected chi connectivity index (χ4v) is 9.50. The molecule has 0 unspecified atom stereocenters. The van der Waals surface area contributed by atoms with Gasteiger partial charge in [0.15, 0.2) is 0 Å². The fraction of sp³-hybridized carbons (Fsp3) is 0.529. The van der Waals surface area contributed by atoms with Crippen LogP contribution in [0.25, 0.3) is 22.3 Å². The van der Waals surface area contributed by atoms with E-state index in [2.05, 4.69) is 104 Å². The second kappa shape index (κ2) is 20.2. The van der Waals surface area contributed by atoms with Crippen molar-refractivity contribution in [2.45, 2.75) is 173 Å². The fourth-order valence-electron chi connectivity index (χ4n) is 9.50. The lowest BCUT2D eigenvalue weighted by atomic mass is 9.70. The summed E-state index contributed by atoms with van der Waals surface area (Å²) in [6, 6.07) is 33.0. The first-order valence-electron chi connectivity index (χ1n) is 22.0. The Kier molecular flexibility index (Phi) is 14.9. The van der Waals surface area contributed by atoms with E-state index in [0.29, 0.717) is 0 Å². The van der Waals surface area contributed by atoms with Crippen LogP contribution in [0.2, 0.25) is 0 Å². The summed E-state index contributed by atoms with van der Waals surface area (Å²) in [5.41, 5.74) is 14.4. The van der Waals surface area contributed by atoms with Crippen LogP contribution in [0, 0.1) is 0 Å². The van der Waals surface area contributed by atoms with Gasteiger partial charge in [-0.05, 0) is 94.5 Å². The molecule has 0 aromatic heterocycles. The van der Waals surface area contributed by atoms with Crippen molar-refractivity contribution in [3.8, 4) is 22.3 Å². The predicted octanol–water partition coefficient (Wildman–Crippen LogP) is 16.1. The molecule has 0 spiro atoms. The molecule has 4 aromatic rings. The Bertz CT molecular complexity index is 1640. The standard InChI is InChI=1S/C51H69N/c1-3-5-7-9-11-13-15-17-19-25-37-51(38-26-20-18-16-14-12-10-8-6-4-2)47-29-23-22-28-45(47)46-35-33-43(40-48(46)51)42-34-36-50-44(39-42)32-31-41-27-21-24-30-49(41)52-50/h21-24,27-30,33-36,39-40,52H,3-20,25-26,31-32,37-38H2,1-2H3. The number of hydrogen-bond acceptors (Lipinski definition) is 1. The Morgan fingerprint density at radius 2 is 0.904 bits per heavy atom. The zero-order chi connectivity index (χ0) is 35.9. The van der Waals surface area contributed by atoms with Gasteiger partial charge in [0.05, 0.1) is 0 Å². The second-order valence-corrected chi connectivity index (χ2v) is 16.4. The SMILES string of the molecule is CCCCCCCCCCCCC1(CCCCCCCCCCCC)c2ccccc2-c2ccc(-c3ccc4c(c3)CCc3ccccc3N4)cc21. The summed E-state index contributed by atoms with van der Waals surface area (Å²) in [5, 5.41) is 3.75. The number of para-hydroxylation sites is 1. The molecule has 0 fully saturated rings. The van der Waals surface area contributed by atoms with Gasteiger partial charge in [-0.1, -0.05) is 203 Å². The van der Waals surface area contributed by atoms with Gasteiger partial charge >= 0.3 is 0 Å². The minimum atomic E-state index is 0.122. The van der Waals surface area contributed by atoms with Gasteiger partial charge in [0.1, 0.15) is 0 Å². The Morgan fingerprint density at radius 3 is 1.56 bits per heavy atom. The second-order valence-electron chi connectivity index (χ2n) is 16.4. The van der Waals surface area contributed by atoms with E-state index in [9.17, 15) is 0 Å². The van der Waals surface area contributed by atoms with E-state index < -0.39 is 0 Å². The van der Waals surface area contributed by atoms with Crippen LogP contribution < -0.4 is 5.32 Å². The van der Waals surface area contributed by atoms with Gasteiger partial charge in [-0.25, -0.2) is 0 Å². The predicted molar refractivity (Wildman–Crippen MR) is 228 cm³/mol. The monoisotopic (exact) mass is 696 g/mol. The van der Waals surface area contributed by atoms with Crippen molar-refractivity contribution in [1.29, 1.82) is 0 Å². The van der Waals surface area contributed by atoms with E-state index in [4.69, 9.17) is 0 Å². The minimum Gasteiger partial charge on any atom is -0.355 e. The van der Waals surface area contributed by atoms with Gasteiger partial charge in [0, 0.05) is 16.8 Å². The summed E-state index contributed by atoms with van der Waals surface area (Å²) in [7, 11) is 0. The molecule has 1 heteroatoms. The molecule has 6 rings (SSSR count). The van der Waals surface area contributed by atoms with E-state index in [1.54, 1.807) is 11.1 Å². The number of anilines is 2. The van der Waals surface area contributed by atoms with Crippen LogP contribution >= 0.6 is 0 Å². The lowest BCUT2D eigenvalue weighted by Crippen LogP contribution is -2.25. The molecule has 0 amide bonds. The molecule has 1 aliphatic heterocycles. The first kappa shape index (κ1) is 38.4. The van der Waals surface area contributed by atoms with E-state index in [1.807, 2.05) is 0 Å². The Morgan fingerprint density at radius 1 is 0.423 bits per heavy atom. The van der Waals surface area contributed by atoms with Crippen LogP contribution in [0.3, 0.4) is 0 Å². The van der Waals surface area contributed by atoms with Gasteiger partial charge in [0.2, 0.25) is 0 Å². The van der Waals surface area contributed by atoms with Crippen molar-refractivity contribution < 1.29 is 0 Å². The van der Waals surface area contributed by atoms with E-state index in [1.165, 1.54) is 186 Å². The van der Waals surface area contributed by atoms with Crippen LogP contribution in [0.1, 0.15) is 177 Å². The number of aryl methyl sites for hydroxylation is 2. The van der Waals surface area contributed by atoms with Crippen molar-refractivity contribution in [2.24, 2.45) is 0 Å². The molecule has 1 heterocycles. The Balaban J connectivity index is 1.19. The van der Waals surface area contributed by atoms with Crippen LogP contribution in [0.4, 0.5) is 11.4 Å². The third-order valence-electron chi connectivity index (χ3n) is 12.6. The molecular weight excluding hydrogens is 627 g/mol. The number of unbranched alkanes of at least 4 members (excludes halogenated alkanes) is 18. The van der Waals surface area contributed by atoms with Crippen LogP contribution in [0.5, 0.6) is 0 Å². The molecule has 1 aliphatic carbocycles. The molecule has 278 valence electrons. The highest BCUT2D eigenvalue weighted by atomic mass is 14.9. The zero-order valence-electron chi connectivity index (χ0n) is 33.1. The molecular formula is C51H69N. The smallest absolute Gasteiger partial charge is 0.0417 e. The van der Waals surface area contributed by atoms with Crippen LogP contribution in [-0.4, -0.2) is 0 Å². The summed E-state index contributed by atoms with van der Waals surface area (Å²) < 4.78 is 0. The van der Waals surface area contributed by atoms with Gasteiger partial charge < -0.3 is 5.32 Å². The van der Waals surface area contributed by atoms with Gasteiger partial charge in [0.25, 0.3) is 0 Å². The lowest BCUT2D eigenvalue weighted by Gasteiger charge is -2.33. The maximum absolute atomic E-state index is 3.75. The maximum Gasteiger partial charge on any atom is 0.0417 e. The molecule has 1 N–H and O–H groups in total. The van der Waals surface area contributed by atoms with Crippen molar-refractivity contribution in [2.75, 3.05) is 5.32 Å². The van der Waals surface area contributed by atoms with Gasteiger partial charge in [-0.3, -0.25) is 0 Å². The summed E-state index contributed by atoms with van der Waals surface area (Å²) >= 11 is 0. The molecule has 0 radical (unpaired) electrons. The van der Waals surface area contributed by atoms with E-state index in [0.717, 1.165) is 12.8 Å². The molecule has 0 atom stereocenters. The quantitative estimate of drug-likeness (QED) is 0.0762. The first-order valence-corrected chi connectivity index (χ1v) is 22.0. The topological polar surface area (TPSA) is 12.0 Å². The van der Waals surface area contributed by atoms with Crippen molar-refractivity contribution >= 4 is 11.4 Å². The highest BCUT2D eigenvalue weighted by molar-refractivity contribution is 5.84. The molecule has 2 aliphatic rings. The third kappa shape index (κ3) is 9.80. The average Bonchev–Trinajstić information content (AvgIpc) is 3.30. The van der Waals surface area contributed by atoms with Crippen LogP contribution in [0.15, 0.2) is 84.9 Å². The Labute approximate surface area is 318 Å². The minimum absolute atomic E-state index is 0.122. The number of rotatable bonds is 23. The average molecular weight is 696 g/mol. The summed E-state index contributed by atoms with van der Waals surface area (Å²) in [6.45, 7) is 4.63. The first-order chi connectivity index (χ1) is 25.7. The lowest BCUT2D eigenvalue weighted by molar-refractivity contribution is 0.397. The molecule has 4 aromatic carbocycles. The zero-order valence-corrected chi connectivity index (χ0v) is 33.1. The van der Waals surface area contributed by atoms with E-state index >= 15 is 0 Å². The highest BCUT2D eigenvalue weighted by Gasteiger charge is 2.42. The third-order valence-corrected chi connectivity index (χ3v) is 12.6. The largest absolute Gasteiger partial charge is 0.355 e. The summed E-state index contributed by atoms with van der Waals surface area (Å²) in [4.78, 5) is 0. The normalized spacial score (nSPS) is 13.9. The number of hydrogen-bond donors (Lipinski definition) is 1. The molecule has 1 nitrogen and oxygen atoms in total. The van der Waals surface area contributed by atoms with Gasteiger partial charge in [-0.15, -0.1) is 0 Å². The van der Waals surface area contributed by atoms with Crippen molar-refractivity contribution in [1.82, 2.24) is 0 Å². The van der Waals surface area contributed by atoms with Crippen molar-refractivity contribution in [3.63, 3.8) is 0 Å². The molecule has 0 bridgehead atoms. The van der Waals surface area contributed by atoms with Crippen molar-refractivity contribution in [3.05, 3.63) is 107 Å². The Hall–Kier alpha value is -3.32. The summed E-state index contributed by atoms with van der Waals surface area (Å²) in [6.07, 6.45) is 32.6. The maximum atomic E-state index is 3.75. The molecule has 0 saturated carbocycles. The summed E-state index contributed by atoms with van der Waals surface area (Å²) in [5.74, 6) is 0. The molecule has 0 saturated heterocycles.